The Hall–Kier alpha value is -0.710. The minimum atomic E-state index is 0.327. The van der Waals surface area contributed by atoms with E-state index in [9.17, 15) is 0 Å². The summed E-state index contributed by atoms with van der Waals surface area (Å²) in [4.78, 5) is 5.72. The molecule has 1 unspecified atom stereocenters. The molecule has 0 bridgehead atoms. The third-order valence-corrected chi connectivity index (χ3v) is 4.43. The Balaban J connectivity index is 2.13. The Morgan fingerprint density at radius 1 is 1.47 bits per heavy atom. The van der Waals surface area contributed by atoms with Crippen molar-refractivity contribution < 1.29 is 0 Å². The van der Waals surface area contributed by atoms with Gasteiger partial charge in [0.2, 0.25) is 0 Å². The minimum Gasteiger partial charge on any atom is -0.313 e. The molecule has 2 rings (SSSR count). The van der Waals surface area contributed by atoms with Gasteiger partial charge in [0.15, 0.2) is 0 Å². The van der Waals surface area contributed by atoms with Crippen LogP contribution >= 0.6 is 27.3 Å². The molecule has 0 spiro atoms. The largest absolute Gasteiger partial charge is 0.313 e. The van der Waals surface area contributed by atoms with E-state index in [-0.39, 0.29) is 0 Å². The number of likely N-dealkylation sites (N-methyl/N-ethyl adjacent to an activating group) is 1. The number of halogens is 1. The quantitative estimate of drug-likeness (QED) is 0.931. The van der Waals surface area contributed by atoms with E-state index in [0.717, 1.165) is 16.6 Å². The van der Waals surface area contributed by atoms with Crippen LogP contribution in [0.3, 0.4) is 0 Å². The molecule has 0 radical (unpaired) electrons. The lowest BCUT2D eigenvalue weighted by Crippen LogP contribution is -2.18. The second-order valence-corrected chi connectivity index (χ2v) is 5.92. The number of hydrogen-bond donors (Lipinski definition) is 1. The zero-order valence-electron chi connectivity index (χ0n) is 9.90. The van der Waals surface area contributed by atoms with E-state index in [1.165, 1.54) is 10.4 Å². The summed E-state index contributed by atoms with van der Waals surface area (Å²) in [5.74, 6) is 0. The van der Waals surface area contributed by atoms with Crippen molar-refractivity contribution in [3.63, 3.8) is 0 Å². The van der Waals surface area contributed by atoms with Crippen LogP contribution in [0.2, 0.25) is 0 Å². The molecule has 2 aromatic heterocycles. The summed E-state index contributed by atoms with van der Waals surface area (Å²) in [6.45, 7) is 2.01. The standard InChI is InChI=1S/C13H15BrN2S/c1-9-3-4-10(7-16-9)13(15-2)6-12-5-11(14)8-17-12/h3-5,7-8,13,15H,6H2,1-2H3. The van der Waals surface area contributed by atoms with Gasteiger partial charge in [0.25, 0.3) is 0 Å². The first-order chi connectivity index (χ1) is 8.19. The van der Waals surface area contributed by atoms with Gasteiger partial charge in [0.1, 0.15) is 0 Å². The summed E-state index contributed by atoms with van der Waals surface area (Å²) in [6.07, 6.45) is 2.96. The van der Waals surface area contributed by atoms with Gasteiger partial charge in [-0.15, -0.1) is 11.3 Å². The Morgan fingerprint density at radius 3 is 2.82 bits per heavy atom. The van der Waals surface area contributed by atoms with E-state index in [0.29, 0.717) is 6.04 Å². The van der Waals surface area contributed by atoms with Crippen LogP contribution < -0.4 is 5.32 Å². The van der Waals surface area contributed by atoms with Crippen molar-refractivity contribution in [1.82, 2.24) is 10.3 Å². The van der Waals surface area contributed by atoms with Gasteiger partial charge in [0, 0.05) is 39.1 Å². The minimum absolute atomic E-state index is 0.327. The number of pyridine rings is 1. The van der Waals surface area contributed by atoms with Crippen LogP contribution in [0.15, 0.2) is 34.2 Å². The first-order valence-electron chi connectivity index (χ1n) is 5.52. The van der Waals surface area contributed by atoms with Gasteiger partial charge < -0.3 is 5.32 Å². The van der Waals surface area contributed by atoms with Gasteiger partial charge in [-0.3, -0.25) is 4.98 Å². The zero-order chi connectivity index (χ0) is 12.3. The van der Waals surface area contributed by atoms with Crippen molar-refractivity contribution in [2.45, 2.75) is 19.4 Å². The van der Waals surface area contributed by atoms with Crippen LogP contribution in [-0.4, -0.2) is 12.0 Å². The van der Waals surface area contributed by atoms with E-state index in [1.54, 1.807) is 11.3 Å². The van der Waals surface area contributed by atoms with E-state index in [4.69, 9.17) is 0 Å². The molecule has 0 saturated carbocycles. The zero-order valence-corrected chi connectivity index (χ0v) is 12.3. The monoisotopic (exact) mass is 310 g/mol. The van der Waals surface area contributed by atoms with Crippen molar-refractivity contribution in [2.75, 3.05) is 7.05 Å². The van der Waals surface area contributed by atoms with Crippen molar-refractivity contribution in [2.24, 2.45) is 0 Å². The Labute approximate surface area is 114 Å². The molecular weight excluding hydrogens is 296 g/mol. The van der Waals surface area contributed by atoms with Crippen molar-refractivity contribution in [3.05, 3.63) is 50.4 Å². The van der Waals surface area contributed by atoms with Crippen LogP contribution in [0.25, 0.3) is 0 Å². The third kappa shape index (κ3) is 3.37. The van der Waals surface area contributed by atoms with Crippen LogP contribution in [0, 0.1) is 6.92 Å². The highest BCUT2D eigenvalue weighted by atomic mass is 79.9. The number of thiophene rings is 1. The van der Waals surface area contributed by atoms with Gasteiger partial charge in [-0.25, -0.2) is 0 Å². The molecule has 1 N–H and O–H groups in total. The summed E-state index contributed by atoms with van der Waals surface area (Å²) in [6, 6.07) is 6.71. The number of hydrogen-bond acceptors (Lipinski definition) is 3. The van der Waals surface area contributed by atoms with E-state index >= 15 is 0 Å². The molecule has 4 heteroatoms. The molecule has 0 amide bonds. The second kappa shape index (κ2) is 5.76. The van der Waals surface area contributed by atoms with Gasteiger partial charge in [-0.05, 0) is 47.6 Å². The number of aromatic nitrogens is 1. The lowest BCUT2D eigenvalue weighted by atomic mass is 10.0. The Bertz CT molecular complexity index is 478. The third-order valence-electron chi connectivity index (χ3n) is 2.71. The van der Waals surface area contributed by atoms with Gasteiger partial charge in [0.05, 0.1) is 0 Å². The lowest BCUT2D eigenvalue weighted by Gasteiger charge is -2.15. The molecule has 0 saturated heterocycles. The first kappa shape index (κ1) is 12.7. The molecule has 0 aliphatic heterocycles. The maximum absolute atomic E-state index is 4.35. The van der Waals surface area contributed by atoms with Crippen LogP contribution in [0.1, 0.15) is 22.2 Å². The molecular formula is C13H15BrN2S. The molecule has 2 nitrogen and oxygen atoms in total. The predicted octanol–water partition coefficient (Wildman–Crippen LogP) is 3.72. The van der Waals surface area contributed by atoms with Crippen LogP contribution in [0.5, 0.6) is 0 Å². The van der Waals surface area contributed by atoms with Crippen LogP contribution in [0.4, 0.5) is 0 Å². The van der Waals surface area contributed by atoms with E-state index < -0.39 is 0 Å². The molecule has 17 heavy (non-hydrogen) atoms. The molecule has 0 fully saturated rings. The fraction of sp³-hybridized carbons (Fsp3) is 0.308. The van der Waals surface area contributed by atoms with Gasteiger partial charge in [-0.2, -0.15) is 0 Å². The van der Waals surface area contributed by atoms with Gasteiger partial charge in [-0.1, -0.05) is 6.07 Å². The average Bonchev–Trinajstić information content (AvgIpc) is 2.73. The molecule has 90 valence electrons. The molecule has 0 aliphatic rings. The fourth-order valence-corrected chi connectivity index (χ4v) is 3.23. The summed E-state index contributed by atoms with van der Waals surface area (Å²) in [5, 5.41) is 5.47. The predicted molar refractivity (Wildman–Crippen MR) is 76.5 cm³/mol. The summed E-state index contributed by atoms with van der Waals surface area (Å²) in [5.41, 5.74) is 2.30. The maximum atomic E-state index is 4.35. The molecule has 1 atom stereocenters. The topological polar surface area (TPSA) is 24.9 Å². The van der Waals surface area contributed by atoms with Gasteiger partial charge >= 0.3 is 0 Å². The highest BCUT2D eigenvalue weighted by molar-refractivity contribution is 9.10. The maximum Gasteiger partial charge on any atom is 0.0381 e. The molecule has 0 aromatic carbocycles. The molecule has 2 aromatic rings. The van der Waals surface area contributed by atoms with E-state index in [1.807, 2.05) is 20.2 Å². The SMILES string of the molecule is CNC(Cc1cc(Br)cs1)c1ccc(C)nc1. The smallest absolute Gasteiger partial charge is 0.0381 e. The normalized spacial score (nSPS) is 12.6. The average molecular weight is 311 g/mol. The van der Waals surface area contributed by atoms with Crippen LogP contribution in [-0.2, 0) is 6.42 Å². The highest BCUT2D eigenvalue weighted by Gasteiger charge is 2.11. The van der Waals surface area contributed by atoms with Crippen molar-refractivity contribution in [3.8, 4) is 0 Å². The Morgan fingerprint density at radius 2 is 2.29 bits per heavy atom. The first-order valence-corrected chi connectivity index (χ1v) is 7.19. The summed E-state index contributed by atoms with van der Waals surface area (Å²) < 4.78 is 1.16. The van der Waals surface area contributed by atoms with Crippen molar-refractivity contribution in [1.29, 1.82) is 0 Å². The summed E-state index contributed by atoms with van der Waals surface area (Å²) in [7, 11) is 1.99. The molecule has 0 aliphatic carbocycles. The molecule has 2 heterocycles. The Kier molecular flexibility index (Phi) is 4.31. The van der Waals surface area contributed by atoms with E-state index in [2.05, 4.69) is 49.8 Å². The lowest BCUT2D eigenvalue weighted by molar-refractivity contribution is 0.594. The number of nitrogens with zero attached hydrogens (tertiary/aromatic N) is 1. The van der Waals surface area contributed by atoms with Crippen molar-refractivity contribution >= 4 is 27.3 Å². The number of aryl methyl sites for hydroxylation is 1. The number of nitrogens with one attached hydrogen (secondary N) is 1. The highest BCUT2D eigenvalue weighted by Crippen LogP contribution is 2.25. The fourth-order valence-electron chi connectivity index (χ4n) is 1.73. The second-order valence-electron chi connectivity index (χ2n) is 4.01. The summed E-state index contributed by atoms with van der Waals surface area (Å²) >= 11 is 5.27. The number of rotatable bonds is 4.